The second-order valence-corrected chi connectivity index (χ2v) is 2.97. The molecule has 0 radical (unpaired) electrons. The van der Waals surface area contributed by atoms with Gasteiger partial charge in [0.05, 0.1) is 13.2 Å². The Hall–Kier alpha value is -1.48. The van der Waals surface area contributed by atoms with Gasteiger partial charge in [-0.25, -0.2) is 0 Å². The van der Waals surface area contributed by atoms with E-state index in [0.717, 1.165) is 0 Å². The van der Waals surface area contributed by atoms with Gasteiger partial charge >= 0.3 is 0 Å². The molecule has 1 rings (SSSR count). The van der Waals surface area contributed by atoms with Crippen LogP contribution in [0.5, 0.6) is 11.5 Å². The van der Waals surface area contributed by atoms with E-state index < -0.39 is 6.10 Å². The number of phenols is 1. The third-order valence-electron chi connectivity index (χ3n) is 1.98. The number of hydrogen-bond acceptors (Lipinski definition) is 3. The molecule has 0 aromatic heterocycles. The maximum atomic E-state index is 9.59. The van der Waals surface area contributed by atoms with Crippen LogP contribution in [-0.4, -0.2) is 17.3 Å². The molecule has 1 atom stereocenters. The molecule has 0 bridgehead atoms. The molecule has 0 aliphatic carbocycles. The van der Waals surface area contributed by atoms with Gasteiger partial charge in [-0.05, 0) is 24.1 Å². The molecule has 0 spiro atoms. The SMILES string of the molecule is C=CCC(O)c1ccc(OC)c(O)c1. The van der Waals surface area contributed by atoms with E-state index in [1.165, 1.54) is 13.2 Å². The molecule has 3 nitrogen and oxygen atoms in total. The van der Waals surface area contributed by atoms with E-state index in [0.29, 0.717) is 17.7 Å². The molecule has 2 N–H and O–H groups in total. The van der Waals surface area contributed by atoms with E-state index in [1.54, 1.807) is 18.2 Å². The zero-order valence-electron chi connectivity index (χ0n) is 8.10. The van der Waals surface area contributed by atoms with Crippen LogP contribution in [0, 0.1) is 0 Å². The fourth-order valence-electron chi connectivity index (χ4n) is 1.21. The van der Waals surface area contributed by atoms with Crippen molar-refractivity contribution in [2.45, 2.75) is 12.5 Å². The Morgan fingerprint density at radius 1 is 1.57 bits per heavy atom. The van der Waals surface area contributed by atoms with Crippen molar-refractivity contribution in [2.75, 3.05) is 7.11 Å². The topological polar surface area (TPSA) is 49.7 Å². The molecule has 76 valence electrons. The van der Waals surface area contributed by atoms with Crippen LogP contribution in [0.15, 0.2) is 30.9 Å². The van der Waals surface area contributed by atoms with Crippen LogP contribution < -0.4 is 4.74 Å². The summed E-state index contributed by atoms with van der Waals surface area (Å²) < 4.78 is 4.89. The predicted molar refractivity (Wildman–Crippen MR) is 54.4 cm³/mol. The molecule has 0 fully saturated rings. The van der Waals surface area contributed by atoms with E-state index in [4.69, 9.17) is 4.74 Å². The first-order valence-electron chi connectivity index (χ1n) is 4.35. The van der Waals surface area contributed by atoms with Gasteiger partial charge in [-0.1, -0.05) is 12.1 Å². The average Bonchev–Trinajstić information content (AvgIpc) is 2.18. The first-order chi connectivity index (χ1) is 6.69. The molecule has 0 saturated heterocycles. The van der Waals surface area contributed by atoms with Gasteiger partial charge in [0, 0.05) is 0 Å². The van der Waals surface area contributed by atoms with Gasteiger partial charge in [0.1, 0.15) is 0 Å². The van der Waals surface area contributed by atoms with Crippen LogP contribution in [-0.2, 0) is 0 Å². The van der Waals surface area contributed by atoms with Gasteiger partial charge in [-0.3, -0.25) is 0 Å². The molecule has 1 unspecified atom stereocenters. The van der Waals surface area contributed by atoms with Crippen molar-refractivity contribution in [1.29, 1.82) is 0 Å². The molecule has 0 heterocycles. The number of phenolic OH excluding ortho intramolecular Hbond substituents is 1. The summed E-state index contributed by atoms with van der Waals surface area (Å²) in [5.41, 5.74) is 0.656. The lowest BCUT2D eigenvalue weighted by atomic mass is 10.1. The van der Waals surface area contributed by atoms with Gasteiger partial charge < -0.3 is 14.9 Å². The van der Waals surface area contributed by atoms with Crippen LogP contribution >= 0.6 is 0 Å². The first-order valence-corrected chi connectivity index (χ1v) is 4.35. The Morgan fingerprint density at radius 2 is 2.29 bits per heavy atom. The molecular weight excluding hydrogens is 180 g/mol. The van der Waals surface area contributed by atoms with Crippen molar-refractivity contribution < 1.29 is 14.9 Å². The number of aliphatic hydroxyl groups is 1. The molecule has 0 amide bonds. The van der Waals surface area contributed by atoms with Gasteiger partial charge in [-0.2, -0.15) is 0 Å². The molecule has 1 aromatic carbocycles. The summed E-state index contributed by atoms with van der Waals surface area (Å²) in [6, 6.07) is 4.83. The van der Waals surface area contributed by atoms with Crippen LogP contribution in [0.4, 0.5) is 0 Å². The Bertz CT molecular complexity index is 320. The third-order valence-corrected chi connectivity index (χ3v) is 1.98. The highest BCUT2D eigenvalue weighted by atomic mass is 16.5. The highest BCUT2D eigenvalue weighted by molar-refractivity contribution is 5.42. The average molecular weight is 194 g/mol. The maximum absolute atomic E-state index is 9.59. The number of ether oxygens (including phenoxy) is 1. The highest BCUT2D eigenvalue weighted by Gasteiger charge is 2.08. The lowest BCUT2D eigenvalue weighted by Gasteiger charge is -2.10. The number of methoxy groups -OCH3 is 1. The van der Waals surface area contributed by atoms with Crippen molar-refractivity contribution in [3.63, 3.8) is 0 Å². The summed E-state index contributed by atoms with van der Waals surface area (Å²) in [4.78, 5) is 0. The number of aliphatic hydroxyl groups excluding tert-OH is 1. The molecule has 1 aromatic rings. The number of aromatic hydroxyl groups is 1. The maximum Gasteiger partial charge on any atom is 0.160 e. The lowest BCUT2D eigenvalue weighted by Crippen LogP contribution is -1.95. The van der Waals surface area contributed by atoms with E-state index in [-0.39, 0.29) is 5.75 Å². The Morgan fingerprint density at radius 3 is 2.79 bits per heavy atom. The minimum Gasteiger partial charge on any atom is -0.504 e. The standard InChI is InChI=1S/C11H14O3/c1-3-4-9(12)8-5-6-11(14-2)10(13)7-8/h3,5-7,9,12-13H,1,4H2,2H3. The second kappa shape index (κ2) is 4.67. The summed E-state index contributed by atoms with van der Waals surface area (Å²) >= 11 is 0. The smallest absolute Gasteiger partial charge is 0.160 e. The summed E-state index contributed by atoms with van der Waals surface area (Å²) in [5, 5.41) is 19.0. The Balaban J connectivity index is 2.90. The summed E-state index contributed by atoms with van der Waals surface area (Å²) in [6.45, 7) is 3.54. The largest absolute Gasteiger partial charge is 0.504 e. The summed E-state index contributed by atoms with van der Waals surface area (Å²) in [5.74, 6) is 0.438. The van der Waals surface area contributed by atoms with E-state index in [1.807, 2.05) is 0 Å². The van der Waals surface area contributed by atoms with Crippen LogP contribution in [0.2, 0.25) is 0 Å². The molecule has 14 heavy (non-hydrogen) atoms. The van der Waals surface area contributed by atoms with Crippen molar-refractivity contribution in [3.05, 3.63) is 36.4 Å². The summed E-state index contributed by atoms with van der Waals surface area (Å²) in [6.07, 6.45) is 1.47. The predicted octanol–water partition coefficient (Wildman–Crippen LogP) is 2.01. The van der Waals surface area contributed by atoms with Gasteiger partial charge in [-0.15, -0.1) is 6.58 Å². The highest BCUT2D eigenvalue weighted by Crippen LogP contribution is 2.29. The van der Waals surface area contributed by atoms with Crippen LogP contribution in [0.25, 0.3) is 0 Å². The van der Waals surface area contributed by atoms with Gasteiger partial charge in [0.25, 0.3) is 0 Å². The third kappa shape index (κ3) is 2.26. The second-order valence-electron chi connectivity index (χ2n) is 2.97. The molecule has 3 heteroatoms. The zero-order valence-corrected chi connectivity index (χ0v) is 8.10. The van der Waals surface area contributed by atoms with E-state index in [9.17, 15) is 10.2 Å². The first kappa shape index (κ1) is 10.6. The Labute approximate surface area is 83.3 Å². The van der Waals surface area contributed by atoms with Crippen molar-refractivity contribution in [2.24, 2.45) is 0 Å². The summed E-state index contributed by atoms with van der Waals surface area (Å²) in [7, 11) is 1.48. The monoisotopic (exact) mass is 194 g/mol. The lowest BCUT2D eigenvalue weighted by molar-refractivity contribution is 0.181. The zero-order chi connectivity index (χ0) is 10.6. The number of benzene rings is 1. The van der Waals surface area contributed by atoms with Crippen molar-refractivity contribution in [1.82, 2.24) is 0 Å². The van der Waals surface area contributed by atoms with Crippen molar-refractivity contribution in [3.8, 4) is 11.5 Å². The van der Waals surface area contributed by atoms with Gasteiger partial charge in [0.15, 0.2) is 11.5 Å². The Kier molecular flexibility index (Phi) is 3.54. The van der Waals surface area contributed by atoms with Crippen LogP contribution in [0.1, 0.15) is 18.1 Å². The minimum atomic E-state index is -0.621. The van der Waals surface area contributed by atoms with E-state index in [2.05, 4.69) is 6.58 Å². The van der Waals surface area contributed by atoms with E-state index >= 15 is 0 Å². The molecule has 0 aliphatic rings. The number of hydrogen-bond donors (Lipinski definition) is 2. The quantitative estimate of drug-likeness (QED) is 0.721. The molecular formula is C11H14O3. The molecule has 0 aliphatic heterocycles. The van der Waals surface area contributed by atoms with Gasteiger partial charge in [0.2, 0.25) is 0 Å². The fourth-order valence-corrected chi connectivity index (χ4v) is 1.21. The minimum absolute atomic E-state index is 0.0353. The van der Waals surface area contributed by atoms with Crippen LogP contribution in [0.3, 0.4) is 0 Å². The van der Waals surface area contributed by atoms with Crippen molar-refractivity contribution >= 4 is 0 Å². The fraction of sp³-hybridized carbons (Fsp3) is 0.273. The molecule has 0 saturated carbocycles. The number of rotatable bonds is 4. The normalized spacial score (nSPS) is 12.1.